The summed E-state index contributed by atoms with van der Waals surface area (Å²) in [5, 5.41) is 0.640. The van der Waals surface area contributed by atoms with Crippen LogP contribution in [0.2, 0.25) is 5.15 Å². The maximum Gasteiger partial charge on any atom is 0.137 e. The molecule has 1 aromatic heterocycles. The van der Waals surface area contributed by atoms with Gasteiger partial charge >= 0.3 is 0 Å². The van der Waals surface area contributed by atoms with E-state index in [1.54, 1.807) is 0 Å². The van der Waals surface area contributed by atoms with E-state index in [0.29, 0.717) is 23.2 Å². The lowest BCUT2D eigenvalue weighted by Gasteiger charge is -2.30. The van der Waals surface area contributed by atoms with E-state index in [9.17, 15) is 0 Å². The minimum absolute atomic E-state index is 0.551. The van der Waals surface area contributed by atoms with E-state index < -0.39 is 0 Å². The third-order valence-electron chi connectivity index (χ3n) is 4.52. The molecule has 0 spiro atoms. The Bertz CT molecular complexity index is 485. The molecule has 2 atom stereocenters. The molecule has 3 nitrogen and oxygen atoms in total. The Hall–Kier alpha value is -0.830. The Balaban J connectivity index is 2.02. The summed E-state index contributed by atoms with van der Waals surface area (Å²) in [5.41, 5.74) is 1.04. The second-order valence-corrected chi connectivity index (χ2v) is 6.35. The third kappa shape index (κ3) is 2.33. The maximum atomic E-state index is 6.33. The quantitative estimate of drug-likeness (QED) is 0.781. The predicted molar refractivity (Wildman–Crippen MR) is 79.0 cm³/mol. The van der Waals surface area contributed by atoms with Crippen LogP contribution in [0.1, 0.15) is 63.3 Å². The molecule has 3 rings (SSSR count). The van der Waals surface area contributed by atoms with E-state index in [-0.39, 0.29) is 0 Å². The molecular formula is C15H22ClN3. The summed E-state index contributed by atoms with van der Waals surface area (Å²) in [6, 6.07) is 1.16. The molecule has 0 aromatic carbocycles. The first-order valence-corrected chi connectivity index (χ1v) is 7.82. The fourth-order valence-corrected chi connectivity index (χ4v) is 3.29. The van der Waals surface area contributed by atoms with Gasteiger partial charge in [-0.3, -0.25) is 0 Å². The summed E-state index contributed by atoms with van der Waals surface area (Å²) in [4.78, 5) is 11.8. The van der Waals surface area contributed by atoms with Gasteiger partial charge in [0.15, 0.2) is 0 Å². The number of nitrogens with zero attached hydrogens (tertiary/aromatic N) is 3. The minimum Gasteiger partial charge on any atom is -0.351 e. The van der Waals surface area contributed by atoms with Crippen molar-refractivity contribution in [3.8, 4) is 0 Å². The Labute approximate surface area is 120 Å². The van der Waals surface area contributed by atoms with Crippen LogP contribution < -0.4 is 4.90 Å². The molecule has 1 aliphatic heterocycles. The zero-order valence-electron chi connectivity index (χ0n) is 12.0. The average Bonchev–Trinajstić information content (AvgIpc) is 3.17. The predicted octanol–water partition coefficient (Wildman–Crippen LogP) is 4.08. The van der Waals surface area contributed by atoms with Crippen LogP contribution in [0.3, 0.4) is 0 Å². The summed E-state index contributed by atoms with van der Waals surface area (Å²) in [6.45, 7) is 6.60. The summed E-state index contributed by atoms with van der Waals surface area (Å²) in [6.07, 6.45) is 6.11. The van der Waals surface area contributed by atoms with Crippen molar-refractivity contribution in [1.82, 2.24) is 9.97 Å². The number of hydrogen-bond acceptors (Lipinski definition) is 3. The summed E-state index contributed by atoms with van der Waals surface area (Å²) in [7, 11) is 0. The van der Waals surface area contributed by atoms with Crippen LogP contribution in [0.15, 0.2) is 0 Å². The fourth-order valence-electron chi connectivity index (χ4n) is 3.12. The highest BCUT2D eigenvalue weighted by molar-refractivity contribution is 6.30. The van der Waals surface area contributed by atoms with Gasteiger partial charge in [0.05, 0.1) is 0 Å². The van der Waals surface area contributed by atoms with Crippen LogP contribution in [-0.4, -0.2) is 22.1 Å². The third-order valence-corrected chi connectivity index (χ3v) is 4.89. The lowest BCUT2D eigenvalue weighted by atomic mass is 10.1. The Morgan fingerprint density at radius 1 is 1.21 bits per heavy atom. The normalized spacial score (nSPS) is 27.1. The van der Waals surface area contributed by atoms with Gasteiger partial charge in [-0.05, 0) is 46.0 Å². The van der Waals surface area contributed by atoms with Gasteiger partial charge in [-0.25, -0.2) is 9.97 Å². The number of rotatable bonds is 3. The number of anilines is 1. The Morgan fingerprint density at radius 3 is 2.58 bits per heavy atom. The fraction of sp³-hybridized carbons (Fsp3) is 0.733. The largest absolute Gasteiger partial charge is 0.351 e. The van der Waals surface area contributed by atoms with Gasteiger partial charge in [-0.2, -0.15) is 0 Å². The van der Waals surface area contributed by atoms with Gasteiger partial charge in [0.1, 0.15) is 16.8 Å². The van der Waals surface area contributed by atoms with E-state index in [4.69, 9.17) is 16.6 Å². The van der Waals surface area contributed by atoms with Crippen LogP contribution >= 0.6 is 11.6 Å². The molecule has 2 aliphatic rings. The zero-order chi connectivity index (χ0) is 13.6. The zero-order valence-corrected chi connectivity index (χ0v) is 12.7. The van der Waals surface area contributed by atoms with E-state index in [1.807, 2.05) is 6.92 Å². The molecule has 1 aromatic rings. The Kier molecular flexibility index (Phi) is 3.42. The molecule has 0 radical (unpaired) electrons. The first-order chi connectivity index (χ1) is 9.11. The first kappa shape index (κ1) is 13.2. The smallest absolute Gasteiger partial charge is 0.137 e. The highest BCUT2D eigenvalue weighted by atomic mass is 35.5. The van der Waals surface area contributed by atoms with Gasteiger partial charge in [-0.15, -0.1) is 0 Å². The molecule has 0 amide bonds. The summed E-state index contributed by atoms with van der Waals surface area (Å²) in [5.74, 6) is 2.59. The standard InChI is InChI=1S/C15H22ClN3/c1-4-12-8-5-9(2)19(12)15-10(3)13(16)17-14(18-15)11-6-7-11/h9,11-12H,4-8H2,1-3H3. The van der Waals surface area contributed by atoms with Crippen molar-refractivity contribution >= 4 is 17.4 Å². The van der Waals surface area contributed by atoms with Crippen molar-refractivity contribution in [2.45, 2.75) is 70.9 Å². The van der Waals surface area contributed by atoms with Crippen molar-refractivity contribution in [3.63, 3.8) is 0 Å². The van der Waals surface area contributed by atoms with Crippen LogP contribution in [0.25, 0.3) is 0 Å². The van der Waals surface area contributed by atoms with Gasteiger partial charge in [0, 0.05) is 23.6 Å². The topological polar surface area (TPSA) is 29.0 Å². The molecule has 2 heterocycles. The molecule has 0 N–H and O–H groups in total. The Morgan fingerprint density at radius 2 is 1.95 bits per heavy atom. The molecule has 2 fully saturated rings. The molecular weight excluding hydrogens is 258 g/mol. The molecule has 1 saturated heterocycles. The van der Waals surface area contributed by atoms with Crippen molar-refractivity contribution < 1.29 is 0 Å². The lowest BCUT2D eigenvalue weighted by Crippen LogP contribution is -2.35. The van der Waals surface area contributed by atoms with Crippen molar-refractivity contribution in [2.75, 3.05) is 4.90 Å². The number of halogens is 1. The molecule has 0 bridgehead atoms. The van der Waals surface area contributed by atoms with E-state index >= 15 is 0 Å². The van der Waals surface area contributed by atoms with Gasteiger partial charge in [-0.1, -0.05) is 18.5 Å². The van der Waals surface area contributed by atoms with E-state index in [2.05, 4.69) is 23.7 Å². The van der Waals surface area contributed by atoms with Gasteiger partial charge in [0.2, 0.25) is 0 Å². The summed E-state index contributed by atoms with van der Waals surface area (Å²) >= 11 is 6.33. The summed E-state index contributed by atoms with van der Waals surface area (Å²) < 4.78 is 0. The number of hydrogen-bond donors (Lipinski definition) is 0. The minimum atomic E-state index is 0.551. The van der Waals surface area contributed by atoms with Crippen molar-refractivity contribution in [1.29, 1.82) is 0 Å². The maximum absolute atomic E-state index is 6.33. The second-order valence-electron chi connectivity index (χ2n) is 5.99. The van der Waals surface area contributed by atoms with E-state index in [1.165, 1.54) is 32.1 Å². The molecule has 1 saturated carbocycles. The lowest BCUT2D eigenvalue weighted by molar-refractivity contribution is 0.616. The van der Waals surface area contributed by atoms with Gasteiger partial charge < -0.3 is 4.90 Å². The molecule has 4 heteroatoms. The highest BCUT2D eigenvalue weighted by Gasteiger charge is 2.34. The van der Waals surface area contributed by atoms with E-state index in [0.717, 1.165) is 17.2 Å². The second kappa shape index (κ2) is 4.93. The van der Waals surface area contributed by atoms with Crippen LogP contribution in [0.5, 0.6) is 0 Å². The van der Waals surface area contributed by atoms with Crippen LogP contribution in [0, 0.1) is 6.92 Å². The monoisotopic (exact) mass is 279 g/mol. The molecule has 19 heavy (non-hydrogen) atoms. The van der Waals surface area contributed by atoms with Crippen molar-refractivity contribution in [2.24, 2.45) is 0 Å². The van der Waals surface area contributed by atoms with Crippen molar-refractivity contribution in [3.05, 3.63) is 16.5 Å². The molecule has 1 aliphatic carbocycles. The highest BCUT2D eigenvalue weighted by Crippen LogP contribution is 2.41. The van der Waals surface area contributed by atoms with Gasteiger partial charge in [0.25, 0.3) is 0 Å². The molecule has 104 valence electrons. The average molecular weight is 280 g/mol. The SMILES string of the molecule is CCC1CCC(C)N1c1nc(C2CC2)nc(Cl)c1C. The first-order valence-electron chi connectivity index (χ1n) is 7.44. The number of aromatic nitrogens is 2. The van der Waals surface area contributed by atoms with Crippen LogP contribution in [0.4, 0.5) is 5.82 Å². The van der Waals surface area contributed by atoms with Crippen LogP contribution in [-0.2, 0) is 0 Å². The molecule has 2 unspecified atom stereocenters.